The average molecular weight is 318 g/mol. The number of hydrogen-bond donors (Lipinski definition) is 2. The van der Waals surface area contributed by atoms with Crippen LogP contribution in [0.15, 0.2) is 58.7 Å². The normalized spacial score (nSPS) is 17.7. The highest BCUT2D eigenvalue weighted by Crippen LogP contribution is 2.36. The summed E-state index contributed by atoms with van der Waals surface area (Å²) < 4.78 is 0. The lowest BCUT2D eigenvalue weighted by Crippen LogP contribution is -2.32. The van der Waals surface area contributed by atoms with Gasteiger partial charge in [0.1, 0.15) is 5.71 Å². The molecule has 1 aliphatic heterocycles. The highest BCUT2D eigenvalue weighted by molar-refractivity contribution is 6.44. The molecule has 2 amide bonds. The summed E-state index contributed by atoms with van der Waals surface area (Å²) in [5, 5.41) is 8.07. The Morgan fingerprint density at radius 3 is 2.08 bits per heavy atom. The summed E-state index contributed by atoms with van der Waals surface area (Å²) in [4.78, 5) is 23.7. The molecule has 0 unspecified atom stereocenters. The van der Waals surface area contributed by atoms with Crippen LogP contribution in [0.2, 0.25) is 0 Å². The lowest BCUT2D eigenvalue weighted by atomic mass is 10.1. The molecule has 0 fully saturated rings. The zero-order chi connectivity index (χ0) is 16.7. The Kier molecular flexibility index (Phi) is 3.23. The van der Waals surface area contributed by atoms with Gasteiger partial charge in [-0.3, -0.25) is 9.59 Å². The number of hydrogen-bond acceptors (Lipinski definition) is 4. The van der Waals surface area contributed by atoms with E-state index in [9.17, 15) is 9.59 Å². The summed E-state index contributed by atoms with van der Waals surface area (Å²) >= 11 is 0. The molecule has 0 saturated carbocycles. The first kappa shape index (κ1) is 14.3. The number of nitrogens with zero attached hydrogens (tertiary/aromatic N) is 2. The van der Waals surface area contributed by atoms with Crippen molar-refractivity contribution < 1.29 is 9.59 Å². The second-order valence-corrected chi connectivity index (χ2v) is 5.69. The van der Waals surface area contributed by atoms with Crippen molar-refractivity contribution in [3.05, 3.63) is 59.7 Å². The minimum Gasteiger partial charge on any atom is -0.272 e. The van der Waals surface area contributed by atoms with E-state index >= 15 is 0 Å². The number of fused-ring (bicyclic) bond motifs is 3. The highest BCUT2D eigenvalue weighted by atomic mass is 16.2. The number of carbonyl (C=O) groups excluding carboxylic acids is 2. The van der Waals surface area contributed by atoms with Gasteiger partial charge in [0, 0.05) is 11.1 Å². The summed E-state index contributed by atoms with van der Waals surface area (Å²) in [7, 11) is 0. The largest absolute Gasteiger partial charge is 0.288 e. The number of carbonyl (C=O) groups is 2. The van der Waals surface area contributed by atoms with Crippen molar-refractivity contribution in [3.63, 3.8) is 0 Å². The maximum Gasteiger partial charge on any atom is 0.288 e. The van der Waals surface area contributed by atoms with E-state index in [4.69, 9.17) is 0 Å². The summed E-state index contributed by atoms with van der Waals surface area (Å²) in [5.74, 6) is -1.34. The molecular weight excluding hydrogens is 304 g/mol. The summed E-state index contributed by atoms with van der Waals surface area (Å²) in [6.45, 7) is 1.63. The van der Waals surface area contributed by atoms with Crippen LogP contribution in [-0.4, -0.2) is 23.2 Å². The summed E-state index contributed by atoms with van der Waals surface area (Å²) in [6, 6.07) is 15.8. The van der Waals surface area contributed by atoms with E-state index in [1.807, 2.05) is 48.5 Å². The molecule has 1 aliphatic carbocycles. The van der Waals surface area contributed by atoms with Crippen LogP contribution in [0.4, 0.5) is 0 Å². The van der Waals surface area contributed by atoms with Crippen LogP contribution in [0.5, 0.6) is 0 Å². The van der Waals surface area contributed by atoms with Crippen LogP contribution >= 0.6 is 0 Å². The first-order valence-electron chi connectivity index (χ1n) is 7.61. The van der Waals surface area contributed by atoms with Gasteiger partial charge in [-0.15, -0.1) is 0 Å². The second-order valence-electron chi connectivity index (χ2n) is 5.69. The number of hydrazone groups is 2. The fraction of sp³-hybridized carbons (Fsp3) is 0.111. The standard InChI is InChI=1S/C18H14N4O2/c1-10-15(19-21-17(10)23)18(24)22-20-16-13-8-4-2-6-11(13)12-7-3-5-9-14(12)16/h2-10H,1H3,(H,21,23)(H,22,24)/t10-/m1/s1. The van der Waals surface area contributed by atoms with E-state index in [0.717, 1.165) is 22.3 Å². The zero-order valence-electron chi connectivity index (χ0n) is 12.9. The lowest BCUT2D eigenvalue weighted by Gasteiger charge is -2.05. The van der Waals surface area contributed by atoms with Crippen molar-refractivity contribution in [1.82, 2.24) is 10.9 Å². The SMILES string of the molecule is C[C@H]1C(=O)NN=C1C(=O)NN=C1c2ccccc2-c2ccccc21. The zero-order valence-corrected chi connectivity index (χ0v) is 12.9. The van der Waals surface area contributed by atoms with Crippen LogP contribution in [0.1, 0.15) is 18.1 Å². The predicted molar refractivity (Wildman–Crippen MR) is 90.4 cm³/mol. The quantitative estimate of drug-likeness (QED) is 0.704. The molecule has 2 N–H and O–H groups in total. The van der Waals surface area contributed by atoms with Crippen LogP contribution in [0, 0.1) is 5.92 Å². The van der Waals surface area contributed by atoms with Crippen molar-refractivity contribution in [2.24, 2.45) is 16.1 Å². The first-order valence-corrected chi connectivity index (χ1v) is 7.61. The van der Waals surface area contributed by atoms with Crippen LogP contribution in [0.3, 0.4) is 0 Å². The smallest absolute Gasteiger partial charge is 0.272 e. The molecule has 118 valence electrons. The number of amides is 2. The maximum atomic E-state index is 12.2. The third kappa shape index (κ3) is 2.11. The fourth-order valence-corrected chi connectivity index (χ4v) is 2.96. The Morgan fingerprint density at radius 2 is 1.58 bits per heavy atom. The van der Waals surface area contributed by atoms with E-state index in [1.165, 1.54) is 0 Å². The molecule has 24 heavy (non-hydrogen) atoms. The van der Waals surface area contributed by atoms with Gasteiger partial charge in [0.15, 0.2) is 0 Å². The minimum atomic E-state index is -0.576. The number of rotatable bonds is 2. The molecule has 6 heteroatoms. The molecule has 2 aliphatic rings. The summed E-state index contributed by atoms with van der Waals surface area (Å²) in [6.07, 6.45) is 0. The molecule has 2 aromatic rings. The Balaban J connectivity index is 1.68. The van der Waals surface area contributed by atoms with Gasteiger partial charge in [-0.2, -0.15) is 10.2 Å². The third-order valence-corrected chi connectivity index (χ3v) is 4.25. The minimum absolute atomic E-state index is 0.143. The van der Waals surface area contributed by atoms with Gasteiger partial charge in [-0.05, 0) is 18.1 Å². The molecule has 0 saturated heterocycles. The molecule has 1 heterocycles. The third-order valence-electron chi connectivity index (χ3n) is 4.25. The van der Waals surface area contributed by atoms with E-state index in [1.54, 1.807) is 6.92 Å². The van der Waals surface area contributed by atoms with Crippen molar-refractivity contribution in [1.29, 1.82) is 0 Å². The van der Waals surface area contributed by atoms with Gasteiger partial charge >= 0.3 is 0 Å². The van der Waals surface area contributed by atoms with Gasteiger partial charge in [0.05, 0.1) is 11.6 Å². The van der Waals surface area contributed by atoms with E-state index in [0.29, 0.717) is 5.71 Å². The predicted octanol–water partition coefficient (Wildman–Crippen LogP) is 1.66. The Labute approximate surface area is 138 Å². The molecular formula is C18H14N4O2. The molecule has 2 aromatic carbocycles. The molecule has 0 bridgehead atoms. The van der Waals surface area contributed by atoms with Gasteiger partial charge < -0.3 is 0 Å². The van der Waals surface area contributed by atoms with E-state index in [-0.39, 0.29) is 11.6 Å². The van der Waals surface area contributed by atoms with Crippen molar-refractivity contribution in [2.75, 3.05) is 0 Å². The maximum absolute atomic E-state index is 12.2. The summed E-state index contributed by atoms with van der Waals surface area (Å²) in [5.41, 5.74) is 9.78. The van der Waals surface area contributed by atoms with Crippen molar-refractivity contribution >= 4 is 23.2 Å². The lowest BCUT2D eigenvalue weighted by molar-refractivity contribution is -0.122. The molecule has 0 spiro atoms. The van der Waals surface area contributed by atoms with Gasteiger partial charge in [0.2, 0.25) is 5.91 Å². The van der Waals surface area contributed by atoms with Crippen LogP contribution in [0.25, 0.3) is 11.1 Å². The number of nitrogens with one attached hydrogen (secondary N) is 2. The number of benzene rings is 2. The van der Waals surface area contributed by atoms with Crippen molar-refractivity contribution in [3.8, 4) is 11.1 Å². The van der Waals surface area contributed by atoms with Gasteiger partial charge in [0.25, 0.3) is 5.91 Å². The Hall–Kier alpha value is -3.28. The molecule has 0 aromatic heterocycles. The molecule has 0 radical (unpaired) electrons. The van der Waals surface area contributed by atoms with Crippen LogP contribution < -0.4 is 10.9 Å². The topological polar surface area (TPSA) is 82.9 Å². The monoisotopic (exact) mass is 318 g/mol. The average Bonchev–Trinajstić information content (AvgIpc) is 3.11. The Morgan fingerprint density at radius 1 is 1.04 bits per heavy atom. The van der Waals surface area contributed by atoms with E-state index < -0.39 is 11.8 Å². The second kappa shape index (κ2) is 5.42. The van der Waals surface area contributed by atoms with Crippen LogP contribution in [-0.2, 0) is 9.59 Å². The van der Waals surface area contributed by atoms with E-state index in [2.05, 4.69) is 21.1 Å². The highest BCUT2D eigenvalue weighted by Gasteiger charge is 2.31. The van der Waals surface area contributed by atoms with Gasteiger partial charge in [-0.25, -0.2) is 10.9 Å². The van der Waals surface area contributed by atoms with Gasteiger partial charge in [-0.1, -0.05) is 48.5 Å². The Bertz CT molecular complexity index is 883. The molecule has 4 rings (SSSR count). The first-order chi connectivity index (χ1) is 11.7. The fourth-order valence-electron chi connectivity index (χ4n) is 2.96. The van der Waals surface area contributed by atoms with Crippen molar-refractivity contribution in [2.45, 2.75) is 6.92 Å². The molecule has 6 nitrogen and oxygen atoms in total. The molecule has 1 atom stereocenters.